The van der Waals surface area contributed by atoms with Crippen molar-refractivity contribution in [2.75, 3.05) is 6.61 Å². The molecule has 0 bridgehead atoms. The van der Waals surface area contributed by atoms with Crippen LogP contribution in [0, 0.1) is 5.92 Å². The zero-order valence-electron chi connectivity index (χ0n) is 10.8. The van der Waals surface area contributed by atoms with E-state index in [0.29, 0.717) is 17.9 Å². The van der Waals surface area contributed by atoms with Gasteiger partial charge in [0.05, 0.1) is 6.61 Å². The first-order valence-electron chi connectivity index (χ1n) is 6.18. The Labute approximate surface area is 117 Å². The number of esters is 1. The number of benzene rings is 1. The minimum absolute atomic E-state index is 0.191. The third-order valence-corrected chi connectivity index (χ3v) is 2.95. The van der Waals surface area contributed by atoms with Crippen molar-refractivity contribution in [2.24, 2.45) is 5.92 Å². The highest BCUT2D eigenvalue weighted by atomic mass is 35.5. The second-order valence-corrected chi connectivity index (χ2v) is 4.60. The average Bonchev–Trinajstić information content (AvgIpc) is 2.34. The Morgan fingerprint density at radius 3 is 2.74 bits per heavy atom. The maximum Gasteiger partial charge on any atom is 0.320 e. The molecule has 0 aliphatic heterocycles. The number of rotatable bonds is 7. The number of carboxylic acid groups (broad SMARTS) is 1. The Morgan fingerprint density at radius 1 is 1.42 bits per heavy atom. The van der Waals surface area contributed by atoms with Crippen LogP contribution in [0.4, 0.5) is 0 Å². The second kappa shape index (κ2) is 7.79. The number of hydrogen-bond acceptors (Lipinski definition) is 3. The van der Waals surface area contributed by atoms with Crippen LogP contribution < -0.4 is 0 Å². The fourth-order valence-corrected chi connectivity index (χ4v) is 2.00. The van der Waals surface area contributed by atoms with Gasteiger partial charge in [0.25, 0.3) is 0 Å². The predicted octanol–water partition coefficient (Wildman–Crippen LogP) is 2.93. The van der Waals surface area contributed by atoms with Gasteiger partial charge in [-0.2, -0.15) is 0 Å². The third kappa shape index (κ3) is 5.30. The fourth-order valence-electron chi connectivity index (χ4n) is 1.79. The van der Waals surface area contributed by atoms with E-state index in [-0.39, 0.29) is 13.0 Å². The number of carbonyl (C=O) groups excluding carboxylic acids is 1. The molecule has 0 saturated carbocycles. The minimum Gasteiger partial charge on any atom is -0.481 e. The van der Waals surface area contributed by atoms with Crippen molar-refractivity contribution in [3.05, 3.63) is 34.9 Å². The zero-order chi connectivity index (χ0) is 14.3. The van der Waals surface area contributed by atoms with E-state index in [2.05, 4.69) is 0 Å². The molecule has 0 aliphatic carbocycles. The van der Waals surface area contributed by atoms with Gasteiger partial charge >= 0.3 is 11.9 Å². The van der Waals surface area contributed by atoms with Gasteiger partial charge in [-0.05, 0) is 43.9 Å². The highest BCUT2D eigenvalue weighted by Crippen LogP contribution is 2.16. The smallest absolute Gasteiger partial charge is 0.320 e. The van der Waals surface area contributed by atoms with Crippen molar-refractivity contribution in [1.29, 1.82) is 0 Å². The summed E-state index contributed by atoms with van der Waals surface area (Å²) in [5.74, 6) is -2.88. The van der Waals surface area contributed by atoms with E-state index in [9.17, 15) is 9.59 Å². The van der Waals surface area contributed by atoms with Crippen LogP contribution >= 0.6 is 11.6 Å². The molecule has 1 aromatic rings. The lowest BCUT2D eigenvalue weighted by molar-refractivity contribution is -0.158. The molecular weight excluding hydrogens is 268 g/mol. The Hall–Kier alpha value is -1.55. The maximum atomic E-state index is 11.5. The normalized spacial score (nSPS) is 11.9. The van der Waals surface area contributed by atoms with Crippen LogP contribution in [0.5, 0.6) is 0 Å². The highest BCUT2D eigenvalue weighted by molar-refractivity contribution is 6.30. The van der Waals surface area contributed by atoms with Gasteiger partial charge < -0.3 is 9.84 Å². The molecule has 0 heterocycles. The minimum atomic E-state index is -1.13. The van der Waals surface area contributed by atoms with Crippen molar-refractivity contribution >= 4 is 23.5 Å². The van der Waals surface area contributed by atoms with Gasteiger partial charge in [-0.25, -0.2) is 0 Å². The van der Waals surface area contributed by atoms with Crippen molar-refractivity contribution < 1.29 is 19.4 Å². The molecule has 0 saturated heterocycles. The molecule has 4 nitrogen and oxygen atoms in total. The van der Waals surface area contributed by atoms with E-state index < -0.39 is 17.9 Å². The number of aryl methyl sites for hydroxylation is 1. The summed E-state index contributed by atoms with van der Waals surface area (Å²) in [6.45, 7) is 1.85. The predicted molar refractivity (Wildman–Crippen MR) is 72.1 cm³/mol. The molecule has 19 heavy (non-hydrogen) atoms. The van der Waals surface area contributed by atoms with Crippen LogP contribution in [0.2, 0.25) is 5.02 Å². The number of aliphatic carboxylic acids is 1. The quantitative estimate of drug-likeness (QED) is 0.618. The summed E-state index contributed by atoms with van der Waals surface area (Å²) in [5, 5.41) is 9.64. The van der Waals surface area contributed by atoms with E-state index in [1.165, 1.54) is 0 Å². The van der Waals surface area contributed by atoms with Gasteiger partial charge in [0.1, 0.15) is 0 Å². The van der Waals surface area contributed by atoms with Crippen LogP contribution in [0.15, 0.2) is 24.3 Å². The monoisotopic (exact) mass is 284 g/mol. The Morgan fingerprint density at radius 2 is 2.16 bits per heavy atom. The van der Waals surface area contributed by atoms with Crippen molar-refractivity contribution in [2.45, 2.75) is 26.2 Å². The van der Waals surface area contributed by atoms with Gasteiger partial charge in [0.15, 0.2) is 5.92 Å². The first-order valence-corrected chi connectivity index (χ1v) is 6.56. The molecule has 0 aromatic heterocycles. The number of carbonyl (C=O) groups is 2. The topological polar surface area (TPSA) is 63.6 Å². The number of halogens is 1. The summed E-state index contributed by atoms with van der Waals surface area (Å²) in [6, 6.07) is 7.38. The lowest BCUT2D eigenvalue weighted by Crippen LogP contribution is -2.26. The van der Waals surface area contributed by atoms with E-state index >= 15 is 0 Å². The summed E-state index contributed by atoms with van der Waals surface area (Å²) >= 11 is 5.86. The van der Waals surface area contributed by atoms with Crippen LogP contribution in [-0.4, -0.2) is 23.7 Å². The Bertz CT molecular complexity index is 445. The molecule has 1 atom stereocenters. The molecule has 0 aliphatic rings. The molecule has 0 unspecified atom stereocenters. The van der Waals surface area contributed by atoms with E-state index in [1.807, 2.05) is 18.2 Å². The summed E-state index contributed by atoms with van der Waals surface area (Å²) < 4.78 is 4.75. The van der Waals surface area contributed by atoms with Crippen LogP contribution in [0.3, 0.4) is 0 Å². The highest BCUT2D eigenvalue weighted by Gasteiger charge is 2.26. The van der Waals surface area contributed by atoms with Crippen molar-refractivity contribution in [1.82, 2.24) is 0 Å². The number of ether oxygens (including phenoxy) is 1. The van der Waals surface area contributed by atoms with Gasteiger partial charge in [-0.15, -0.1) is 0 Å². The first kappa shape index (κ1) is 15.5. The number of hydrogen-bond donors (Lipinski definition) is 1. The standard InChI is InChI=1S/C14H17ClO4/c1-2-19-14(18)12(13(16)17)8-4-6-10-5-3-7-11(15)9-10/h3,5,7,9,12H,2,4,6,8H2,1H3,(H,16,17)/t12-/m0/s1. The van der Waals surface area contributed by atoms with Crippen molar-refractivity contribution in [3.63, 3.8) is 0 Å². The molecule has 1 N–H and O–H groups in total. The fraction of sp³-hybridized carbons (Fsp3) is 0.429. The SMILES string of the molecule is CCOC(=O)[C@@H](CCCc1cccc(Cl)c1)C(=O)O. The van der Waals surface area contributed by atoms with E-state index in [1.54, 1.807) is 13.0 Å². The molecule has 1 aromatic carbocycles. The van der Waals surface area contributed by atoms with Gasteiger partial charge in [0, 0.05) is 5.02 Å². The van der Waals surface area contributed by atoms with E-state index in [0.717, 1.165) is 5.56 Å². The molecule has 104 valence electrons. The van der Waals surface area contributed by atoms with Crippen LogP contribution in [-0.2, 0) is 20.7 Å². The Balaban J connectivity index is 2.49. The summed E-state index contributed by atoms with van der Waals surface area (Å²) in [4.78, 5) is 22.4. The van der Waals surface area contributed by atoms with Gasteiger partial charge in [-0.1, -0.05) is 23.7 Å². The summed E-state index contributed by atoms with van der Waals surface area (Å²) in [6.07, 6.45) is 1.54. The number of carboxylic acids is 1. The lowest BCUT2D eigenvalue weighted by atomic mass is 10.00. The molecule has 5 heteroatoms. The summed E-state index contributed by atoms with van der Waals surface area (Å²) in [7, 11) is 0. The summed E-state index contributed by atoms with van der Waals surface area (Å²) in [5.41, 5.74) is 1.03. The van der Waals surface area contributed by atoms with Crippen molar-refractivity contribution in [3.8, 4) is 0 Å². The van der Waals surface area contributed by atoms with Gasteiger partial charge in [-0.3, -0.25) is 9.59 Å². The molecular formula is C14H17ClO4. The first-order chi connectivity index (χ1) is 9.04. The third-order valence-electron chi connectivity index (χ3n) is 2.72. The lowest BCUT2D eigenvalue weighted by Gasteiger charge is -2.11. The molecule has 0 spiro atoms. The molecule has 1 rings (SSSR count). The maximum absolute atomic E-state index is 11.5. The van der Waals surface area contributed by atoms with Crippen LogP contribution in [0.1, 0.15) is 25.3 Å². The molecule has 0 radical (unpaired) electrons. The van der Waals surface area contributed by atoms with Gasteiger partial charge in [0.2, 0.25) is 0 Å². The van der Waals surface area contributed by atoms with Crippen LogP contribution in [0.25, 0.3) is 0 Å². The average molecular weight is 285 g/mol. The molecule has 0 fully saturated rings. The zero-order valence-corrected chi connectivity index (χ0v) is 11.5. The Kier molecular flexibility index (Phi) is 6.36. The van der Waals surface area contributed by atoms with E-state index in [4.69, 9.17) is 21.4 Å². The largest absolute Gasteiger partial charge is 0.481 e. The molecule has 0 amide bonds. The second-order valence-electron chi connectivity index (χ2n) is 4.17.